The van der Waals surface area contributed by atoms with Crippen LogP contribution in [-0.4, -0.2) is 113 Å². The monoisotopic (exact) mass is 775 g/mol. The fourth-order valence-electron chi connectivity index (χ4n) is 9.38. The third kappa shape index (κ3) is 10.9. The second-order valence-electron chi connectivity index (χ2n) is 17.2. The first kappa shape index (κ1) is 45.2. The molecule has 1 saturated carbocycles. The lowest BCUT2D eigenvalue weighted by Gasteiger charge is -2.47. The SMILES string of the molecule is CC[C@@H]1/C=C(\C)C[C@H](C)C[C@H](OC)[C@H]2O[C@@](O)(C(=O)C(=O)N3CCCC[C@H]3C(=O)O[C@@H](/C(C)=C/C3CCC(CO)CC3)[C@H](C)[C@@H](O)CC1=O)[C@H](C)C[C@@H]2OC. The van der Waals surface area contributed by atoms with E-state index in [1.165, 1.54) is 19.1 Å². The Kier molecular flexibility index (Phi) is 16.7. The van der Waals surface area contributed by atoms with E-state index < -0.39 is 77.8 Å². The fraction of sp³-hybridized carbons (Fsp3) is 0.814. The van der Waals surface area contributed by atoms with Crippen LogP contribution >= 0.6 is 0 Å². The molecule has 3 aliphatic heterocycles. The number of nitrogens with zero attached hydrogens (tertiary/aromatic N) is 1. The Labute approximate surface area is 328 Å². The van der Waals surface area contributed by atoms with Gasteiger partial charge in [0.05, 0.1) is 18.3 Å². The zero-order valence-electron chi connectivity index (χ0n) is 34.5. The number of cyclic esters (lactones) is 1. The molecule has 0 radical (unpaired) electrons. The lowest BCUT2D eigenvalue weighted by molar-refractivity contribution is -0.302. The van der Waals surface area contributed by atoms with Gasteiger partial charge in [-0.15, -0.1) is 0 Å². The average molecular weight is 776 g/mol. The molecule has 55 heavy (non-hydrogen) atoms. The molecular weight excluding hydrogens is 706 g/mol. The molecule has 2 bridgehead atoms. The Balaban J connectivity index is 1.75. The molecule has 0 aromatic heterocycles. The van der Waals surface area contributed by atoms with E-state index in [1.807, 2.05) is 26.8 Å². The number of aliphatic hydroxyl groups excluding tert-OH is 2. The predicted molar refractivity (Wildman–Crippen MR) is 206 cm³/mol. The number of esters is 1. The van der Waals surface area contributed by atoms with Gasteiger partial charge < -0.3 is 39.2 Å². The second kappa shape index (κ2) is 20.3. The van der Waals surface area contributed by atoms with Gasteiger partial charge in [0.15, 0.2) is 0 Å². The van der Waals surface area contributed by atoms with Crippen LogP contribution < -0.4 is 0 Å². The first-order valence-electron chi connectivity index (χ1n) is 20.8. The van der Waals surface area contributed by atoms with Crippen molar-refractivity contribution in [3.63, 3.8) is 0 Å². The van der Waals surface area contributed by atoms with Crippen molar-refractivity contribution in [3.05, 3.63) is 23.3 Å². The molecule has 12 heteroatoms. The summed E-state index contributed by atoms with van der Waals surface area (Å²) in [6.07, 6.45) is 6.75. The second-order valence-corrected chi connectivity index (χ2v) is 17.2. The van der Waals surface area contributed by atoms with E-state index in [4.69, 9.17) is 18.9 Å². The topological polar surface area (TPSA) is 169 Å². The van der Waals surface area contributed by atoms with Crippen molar-refractivity contribution in [3.8, 4) is 0 Å². The summed E-state index contributed by atoms with van der Waals surface area (Å²) in [6.45, 7) is 11.5. The van der Waals surface area contributed by atoms with Gasteiger partial charge in [0.2, 0.25) is 5.79 Å². The van der Waals surface area contributed by atoms with Gasteiger partial charge in [0.1, 0.15) is 24.0 Å². The number of fused-ring (bicyclic) bond motifs is 3. The van der Waals surface area contributed by atoms with E-state index in [1.54, 1.807) is 13.8 Å². The van der Waals surface area contributed by atoms with Crippen LogP contribution in [-0.2, 0) is 38.1 Å². The Morgan fingerprint density at radius 2 is 1.64 bits per heavy atom. The van der Waals surface area contributed by atoms with Crippen molar-refractivity contribution in [2.45, 2.75) is 161 Å². The molecule has 2 saturated heterocycles. The number of ketones is 2. The van der Waals surface area contributed by atoms with Crippen LogP contribution in [0.3, 0.4) is 0 Å². The van der Waals surface area contributed by atoms with E-state index in [9.17, 15) is 34.5 Å². The minimum atomic E-state index is -2.48. The summed E-state index contributed by atoms with van der Waals surface area (Å²) in [5.74, 6) is -6.84. The highest BCUT2D eigenvalue weighted by molar-refractivity contribution is 6.39. The molecule has 0 aromatic carbocycles. The summed E-state index contributed by atoms with van der Waals surface area (Å²) < 4.78 is 24.2. The third-order valence-electron chi connectivity index (χ3n) is 12.9. The largest absolute Gasteiger partial charge is 0.456 e. The highest BCUT2D eigenvalue weighted by Crippen LogP contribution is 2.39. The van der Waals surface area contributed by atoms with Gasteiger partial charge >= 0.3 is 5.97 Å². The van der Waals surface area contributed by atoms with Crippen molar-refractivity contribution in [1.29, 1.82) is 0 Å². The van der Waals surface area contributed by atoms with Crippen LogP contribution in [0.4, 0.5) is 0 Å². The number of carbonyl (C=O) groups excluding carboxylic acids is 4. The molecule has 312 valence electrons. The van der Waals surface area contributed by atoms with Crippen molar-refractivity contribution in [1.82, 2.24) is 4.90 Å². The zero-order chi connectivity index (χ0) is 40.6. The van der Waals surface area contributed by atoms with Crippen LogP contribution in [0.25, 0.3) is 0 Å². The van der Waals surface area contributed by atoms with Crippen LogP contribution in [0.1, 0.15) is 119 Å². The van der Waals surface area contributed by atoms with E-state index >= 15 is 0 Å². The van der Waals surface area contributed by atoms with Crippen molar-refractivity contribution in [2.24, 2.45) is 35.5 Å². The minimum Gasteiger partial charge on any atom is -0.456 e. The summed E-state index contributed by atoms with van der Waals surface area (Å²) in [4.78, 5) is 57.6. The van der Waals surface area contributed by atoms with Crippen molar-refractivity contribution >= 4 is 23.4 Å². The molecule has 1 aliphatic carbocycles. The Morgan fingerprint density at radius 3 is 2.25 bits per heavy atom. The van der Waals surface area contributed by atoms with E-state index in [0.29, 0.717) is 32.1 Å². The number of hydrogen-bond donors (Lipinski definition) is 3. The third-order valence-corrected chi connectivity index (χ3v) is 12.9. The number of aliphatic hydroxyl groups is 3. The van der Waals surface area contributed by atoms with Crippen molar-refractivity contribution < 1.29 is 53.4 Å². The highest BCUT2D eigenvalue weighted by Gasteiger charge is 2.56. The Morgan fingerprint density at radius 1 is 0.982 bits per heavy atom. The van der Waals surface area contributed by atoms with E-state index in [0.717, 1.165) is 36.8 Å². The molecule has 12 nitrogen and oxygen atoms in total. The van der Waals surface area contributed by atoms with Gasteiger partial charge in [-0.05, 0) is 108 Å². The first-order valence-corrected chi connectivity index (χ1v) is 20.8. The first-order chi connectivity index (χ1) is 26.1. The molecule has 0 unspecified atom stereocenters. The van der Waals surface area contributed by atoms with Crippen LogP contribution in [0, 0.1) is 35.5 Å². The highest BCUT2D eigenvalue weighted by atomic mass is 16.7. The van der Waals surface area contributed by atoms with Gasteiger partial charge in [-0.1, -0.05) is 45.4 Å². The van der Waals surface area contributed by atoms with Crippen LogP contribution in [0.15, 0.2) is 23.3 Å². The summed E-state index contributed by atoms with van der Waals surface area (Å²) >= 11 is 0. The van der Waals surface area contributed by atoms with E-state index in [2.05, 4.69) is 13.0 Å². The average Bonchev–Trinajstić information content (AvgIpc) is 3.17. The normalized spacial score (nSPS) is 40.7. The summed E-state index contributed by atoms with van der Waals surface area (Å²) in [7, 11) is 3.08. The smallest absolute Gasteiger partial charge is 0.329 e. The molecule has 4 rings (SSSR count). The number of methoxy groups -OCH3 is 2. The summed E-state index contributed by atoms with van der Waals surface area (Å²) in [6, 6.07) is -1.10. The molecule has 11 atom stereocenters. The molecule has 3 heterocycles. The van der Waals surface area contributed by atoms with Gasteiger partial charge in [0, 0.05) is 51.5 Å². The lowest BCUT2D eigenvalue weighted by atomic mass is 9.80. The maximum atomic E-state index is 14.2. The number of amides is 1. The standard InChI is InChI=1S/C43H69NO11/c1-9-32-19-25(2)18-26(3)20-36(52-7)39-37(53-8)22-28(5)43(51,55-39)40(48)41(49)44-17-11-10-12-33(44)42(50)54-38(29(6)34(46)23-35(32)47)27(4)21-30-13-15-31(24-45)16-14-30/h19,21,26,28-34,36-39,45-46,51H,9-18,20,22-24H2,1-8H3/b25-19+,27-21+/t26-,28+,29+,30?,31?,32+,33-,34-,36-,37-,38-,39+,43+/m0/s1. The Hall–Kier alpha value is -2.48. The molecule has 0 aromatic rings. The Bertz CT molecular complexity index is 1390. The number of Topliss-reactive ketones (excluding diaryl/α,β-unsaturated/α-hetero) is 2. The molecule has 0 spiro atoms. The van der Waals surface area contributed by atoms with Gasteiger partial charge in [0.25, 0.3) is 11.7 Å². The molecular formula is C43H69NO11. The lowest BCUT2D eigenvalue weighted by Crippen LogP contribution is -2.64. The maximum absolute atomic E-state index is 14.2. The fourth-order valence-corrected chi connectivity index (χ4v) is 9.38. The number of ether oxygens (including phenoxy) is 4. The number of carbonyl (C=O) groups is 4. The van der Waals surface area contributed by atoms with Crippen molar-refractivity contribution in [2.75, 3.05) is 27.4 Å². The summed E-state index contributed by atoms with van der Waals surface area (Å²) in [5, 5.41) is 33.3. The zero-order valence-corrected chi connectivity index (χ0v) is 34.5. The number of piperidine rings is 1. The van der Waals surface area contributed by atoms with Gasteiger partial charge in [-0.25, -0.2) is 4.79 Å². The van der Waals surface area contributed by atoms with Crippen LogP contribution in [0.5, 0.6) is 0 Å². The quantitative estimate of drug-likeness (QED) is 0.187. The number of allylic oxidation sites excluding steroid dienone is 3. The van der Waals surface area contributed by atoms with Gasteiger partial charge in [-0.2, -0.15) is 0 Å². The van der Waals surface area contributed by atoms with Gasteiger partial charge in [-0.3, -0.25) is 14.4 Å². The maximum Gasteiger partial charge on any atom is 0.329 e. The summed E-state index contributed by atoms with van der Waals surface area (Å²) in [5.41, 5.74) is 1.75. The van der Waals surface area contributed by atoms with Crippen LogP contribution in [0.2, 0.25) is 0 Å². The number of hydrogen-bond acceptors (Lipinski definition) is 11. The molecule has 3 N–H and O–H groups in total. The molecule has 1 amide bonds. The van der Waals surface area contributed by atoms with E-state index in [-0.39, 0.29) is 56.0 Å². The molecule has 3 fully saturated rings. The molecule has 4 aliphatic rings. The predicted octanol–water partition coefficient (Wildman–Crippen LogP) is 5.10. The minimum absolute atomic E-state index is 0.0471. The number of rotatable bonds is 6.